The van der Waals surface area contributed by atoms with Gasteiger partial charge in [-0.25, -0.2) is 13.5 Å². The number of cyclic esters (lactones) is 1. The van der Waals surface area contributed by atoms with E-state index in [1.54, 1.807) is 32.3 Å². The Morgan fingerprint density at radius 1 is 1.22 bits per heavy atom. The molecule has 2 fully saturated rings. The van der Waals surface area contributed by atoms with Crippen molar-refractivity contribution in [2.45, 2.75) is 38.7 Å². The van der Waals surface area contributed by atoms with Crippen LogP contribution in [-0.2, 0) is 23.0 Å². The molecule has 36 heavy (non-hydrogen) atoms. The molecule has 7 nitrogen and oxygen atoms in total. The molecule has 3 heterocycles. The zero-order chi connectivity index (χ0) is 25.7. The lowest BCUT2D eigenvalue weighted by molar-refractivity contribution is -0.171. The third-order valence-electron chi connectivity index (χ3n) is 7.69. The van der Waals surface area contributed by atoms with E-state index in [2.05, 4.69) is 20.5 Å². The molecule has 0 bridgehead atoms. The lowest BCUT2D eigenvalue weighted by Crippen LogP contribution is -2.54. The molecular weight excluding hydrogens is 488 g/mol. The van der Waals surface area contributed by atoms with Crippen molar-refractivity contribution in [3.8, 4) is 11.1 Å². The van der Waals surface area contributed by atoms with Crippen molar-refractivity contribution in [1.29, 1.82) is 0 Å². The highest BCUT2D eigenvalue weighted by molar-refractivity contribution is 6.33. The highest BCUT2D eigenvalue weighted by Gasteiger charge is 2.68. The number of hydrogen-bond acceptors (Lipinski definition) is 6. The maximum atomic E-state index is 15.4. The number of aromatic nitrogens is 5. The van der Waals surface area contributed by atoms with Crippen LogP contribution in [0.25, 0.3) is 17.2 Å². The highest BCUT2D eigenvalue weighted by Crippen LogP contribution is 2.60. The number of tetrazole rings is 1. The summed E-state index contributed by atoms with van der Waals surface area (Å²) in [6.07, 6.45) is 4.06. The summed E-state index contributed by atoms with van der Waals surface area (Å²) < 4.78 is 37.9. The Morgan fingerprint density at radius 2 is 2.00 bits per heavy atom. The molecule has 0 amide bonds. The first-order valence-corrected chi connectivity index (χ1v) is 12.2. The Bertz CT molecular complexity index is 1310. The van der Waals surface area contributed by atoms with Gasteiger partial charge in [0, 0.05) is 54.1 Å². The van der Waals surface area contributed by atoms with Crippen LogP contribution < -0.4 is 0 Å². The smallest absolute Gasteiger partial charge is 0.313 e. The van der Waals surface area contributed by atoms with Gasteiger partial charge in [-0.3, -0.25) is 9.78 Å². The maximum Gasteiger partial charge on any atom is 0.313 e. The predicted octanol–water partition coefficient (Wildman–Crippen LogP) is 5.02. The number of carbonyl (C=O) groups excluding carboxylic acids is 1. The molecule has 1 aliphatic heterocycles. The number of ether oxygens (including phenoxy) is 1. The average Bonchev–Trinajstić information content (AvgIpc) is 3.34. The molecule has 0 unspecified atom stereocenters. The van der Waals surface area contributed by atoms with Crippen LogP contribution in [0.1, 0.15) is 31.8 Å². The zero-order valence-electron chi connectivity index (χ0n) is 20.1. The van der Waals surface area contributed by atoms with Crippen LogP contribution >= 0.6 is 11.6 Å². The van der Waals surface area contributed by atoms with Crippen LogP contribution in [0, 0.1) is 23.2 Å². The molecular formula is C26H26ClF2N5O2. The van der Waals surface area contributed by atoms with E-state index in [1.165, 1.54) is 11.6 Å². The number of pyridine rings is 1. The van der Waals surface area contributed by atoms with E-state index < -0.39 is 47.6 Å². The number of carbonyl (C=O) groups is 1. The van der Waals surface area contributed by atoms with E-state index in [1.807, 2.05) is 36.4 Å². The topological polar surface area (TPSA) is 82.8 Å². The summed E-state index contributed by atoms with van der Waals surface area (Å²) in [7, 11) is 1.63. The number of halogens is 3. The molecule has 5 atom stereocenters. The Balaban J connectivity index is 1.48. The van der Waals surface area contributed by atoms with Crippen LogP contribution in [0.2, 0.25) is 5.02 Å². The van der Waals surface area contributed by atoms with Gasteiger partial charge in [0.05, 0.1) is 11.1 Å². The van der Waals surface area contributed by atoms with E-state index in [-0.39, 0.29) is 6.42 Å². The number of alkyl halides is 2. The number of hydrogen-bond donors (Lipinski definition) is 0. The van der Waals surface area contributed by atoms with Crippen molar-refractivity contribution in [2.75, 3.05) is 0 Å². The fourth-order valence-corrected chi connectivity index (χ4v) is 6.02. The van der Waals surface area contributed by atoms with E-state index >= 15 is 8.78 Å². The summed E-state index contributed by atoms with van der Waals surface area (Å²) in [4.78, 5) is 17.6. The van der Waals surface area contributed by atoms with Crippen molar-refractivity contribution in [3.05, 3.63) is 65.2 Å². The Kier molecular flexibility index (Phi) is 6.14. The third kappa shape index (κ3) is 4.09. The number of aryl methyl sites for hydroxylation is 1. The van der Waals surface area contributed by atoms with Crippen molar-refractivity contribution in [1.82, 2.24) is 25.2 Å². The molecule has 2 aromatic heterocycles. The molecule has 0 N–H and O–H groups in total. The second-order valence-electron chi connectivity index (χ2n) is 9.80. The number of allylic oxidation sites excluding steroid dienone is 1. The van der Waals surface area contributed by atoms with Crippen LogP contribution in [0.4, 0.5) is 8.78 Å². The molecule has 1 aromatic carbocycles. The summed E-state index contributed by atoms with van der Waals surface area (Å²) in [5.74, 6) is -5.41. The standard InChI is InChI=1S/C26H26ClF2N5O2/c1-15-19(11-10-18-9-8-17(13-30-18)20-6-4-5-7-21(20)27)23-16(2)36-24(35)25(23,14-26(15,28)29)12-22-31-32-33-34(22)3/h4-11,13,15-16,19,23H,12,14H2,1-3H3/t15-,16+,19-,23-,25+/m0/s1. The fourth-order valence-electron chi connectivity index (χ4n) is 5.78. The minimum Gasteiger partial charge on any atom is -0.462 e. The first-order valence-electron chi connectivity index (χ1n) is 11.8. The number of fused-ring (bicyclic) bond motifs is 1. The minimum absolute atomic E-state index is 0.0121. The van der Waals surface area contributed by atoms with Gasteiger partial charge >= 0.3 is 5.97 Å². The van der Waals surface area contributed by atoms with Gasteiger partial charge in [0.1, 0.15) is 6.10 Å². The third-order valence-corrected chi connectivity index (χ3v) is 8.02. The van der Waals surface area contributed by atoms with Crippen molar-refractivity contribution in [2.24, 2.45) is 30.2 Å². The number of nitrogens with zero attached hydrogens (tertiary/aromatic N) is 5. The van der Waals surface area contributed by atoms with Gasteiger partial charge in [-0.05, 0) is 41.5 Å². The average molecular weight is 514 g/mol. The van der Waals surface area contributed by atoms with Crippen molar-refractivity contribution in [3.63, 3.8) is 0 Å². The van der Waals surface area contributed by atoms with Crippen LogP contribution in [0.15, 0.2) is 48.7 Å². The van der Waals surface area contributed by atoms with E-state index in [0.717, 1.165) is 11.1 Å². The molecule has 0 spiro atoms. The Hall–Kier alpha value is -3.20. The molecule has 10 heteroatoms. The van der Waals surface area contributed by atoms with E-state index in [9.17, 15) is 4.79 Å². The fraction of sp³-hybridized carbons (Fsp3) is 0.423. The van der Waals surface area contributed by atoms with Gasteiger partial charge < -0.3 is 4.74 Å². The summed E-state index contributed by atoms with van der Waals surface area (Å²) in [6.45, 7) is 3.30. The predicted molar refractivity (Wildman–Crippen MR) is 130 cm³/mol. The second kappa shape index (κ2) is 9.03. The van der Waals surface area contributed by atoms with Gasteiger partial charge in [0.25, 0.3) is 5.92 Å². The largest absolute Gasteiger partial charge is 0.462 e. The van der Waals surface area contributed by atoms with Gasteiger partial charge in [-0.1, -0.05) is 48.9 Å². The van der Waals surface area contributed by atoms with Crippen LogP contribution in [0.3, 0.4) is 0 Å². The summed E-state index contributed by atoms with van der Waals surface area (Å²) in [5, 5.41) is 12.0. The van der Waals surface area contributed by atoms with E-state index in [0.29, 0.717) is 16.5 Å². The summed E-state index contributed by atoms with van der Waals surface area (Å²) in [5.41, 5.74) is 0.915. The lowest BCUT2D eigenvalue weighted by atomic mass is 9.55. The van der Waals surface area contributed by atoms with Gasteiger partial charge in [0.15, 0.2) is 5.82 Å². The molecule has 1 saturated heterocycles. The highest BCUT2D eigenvalue weighted by atomic mass is 35.5. The van der Waals surface area contributed by atoms with Gasteiger partial charge in [-0.2, -0.15) is 0 Å². The Morgan fingerprint density at radius 3 is 2.67 bits per heavy atom. The van der Waals surface area contributed by atoms with Crippen LogP contribution in [-0.4, -0.2) is 43.2 Å². The number of rotatable bonds is 5. The summed E-state index contributed by atoms with van der Waals surface area (Å²) >= 11 is 6.29. The van der Waals surface area contributed by atoms with Gasteiger partial charge in [-0.15, -0.1) is 5.10 Å². The minimum atomic E-state index is -3.08. The number of esters is 1. The van der Waals surface area contributed by atoms with Gasteiger partial charge in [0.2, 0.25) is 0 Å². The molecule has 5 rings (SSSR count). The monoisotopic (exact) mass is 513 g/mol. The molecule has 1 aliphatic carbocycles. The molecule has 188 valence electrons. The zero-order valence-corrected chi connectivity index (χ0v) is 20.9. The van der Waals surface area contributed by atoms with Crippen LogP contribution in [0.5, 0.6) is 0 Å². The number of benzene rings is 1. The lowest BCUT2D eigenvalue weighted by Gasteiger charge is -2.47. The molecule has 1 saturated carbocycles. The first-order chi connectivity index (χ1) is 17.1. The van der Waals surface area contributed by atoms with Crippen molar-refractivity contribution < 1.29 is 18.3 Å². The van der Waals surface area contributed by atoms with Crippen molar-refractivity contribution >= 4 is 23.6 Å². The normalized spacial score (nSPS) is 29.3. The molecule has 0 radical (unpaired) electrons. The Labute approximate surface area is 212 Å². The van der Waals surface area contributed by atoms with E-state index in [4.69, 9.17) is 16.3 Å². The molecule has 3 aromatic rings. The first kappa shape index (κ1) is 24.5. The maximum absolute atomic E-state index is 15.4. The quantitative estimate of drug-likeness (QED) is 0.445. The SMILES string of the molecule is C[C@H]1OC(=O)[C@]2(Cc3nnnn3C)CC(F)(F)[C@@H](C)[C@H](C=Cc3ccc(-c4ccccc4Cl)cn3)[C@H]12. The second-order valence-corrected chi connectivity index (χ2v) is 10.2. The molecule has 2 aliphatic rings. The summed E-state index contributed by atoms with van der Waals surface area (Å²) in [6, 6.07) is 11.2.